The first-order valence-corrected chi connectivity index (χ1v) is 16.8. The van der Waals surface area contributed by atoms with E-state index in [0.717, 1.165) is 22.9 Å². The van der Waals surface area contributed by atoms with Crippen LogP contribution in [-0.4, -0.2) is 13.3 Å². The predicted molar refractivity (Wildman–Crippen MR) is 196 cm³/mol. The maximum atomic E-state index is 6.58. The van der Waals surface area contributed by atoms with Crippen molar-refractivity contribution in [3.8, 4) is 22.6 Å². The lowest BCUT2D eigenvalue weighted by Gasteiger charge is -2.49. The van der Waals surface area contributed by atoms with Gasteiger partial charge in [0.15, 0.2) is 5.66 Å². The molecule has 6 aromatic carbocycles. The van der Waals surface area contributed by atoms with E-state index in [1.165, 1.54) is 67.3 Å². The molecule has 10 rings (SSSR count). The monoisotopic (exact) mass is 624 g/mol. The minimum Gasteiger partial charge on any atom is -0.457 e. The molecule has 3 heterocycles. The summed E-state index contributed by atoms with van der Waals surface area (Å²) in [5.41, 5.74) is 16.8. The van der Waals surface area contributed by atoms with E-state index in [4.69, 9.17) is 4.74 Å². The molecule has 1 aliphatic carbocycles. The van der Waals surface area contributed by atoms with Gasteiger partial charge in [-0.15, -0.1) is 0 Å². The molecule has 3 aliphatic heterocycles. The van der Waals surface area contributed by atoms with Gasteiger partial charge < -0.3 is 24.3 Å². The fraction of sp³-hybridized carbons (Fsp3) is 0.163. The average molecular weight is 625 g/mol. The second-order valence-electron chi connectivity index (χ2n) is 13.7. The molecule has 0 radical (unpaired) electrons. The number of fused-ring (bicyclic) bond motifs is 23. The minimum absolute atomic E-state index is 0.639. The van der Waals surface area contributed by atoms with Gasteiger partial charge in [-0.1, -0.05) is 60.7 Å². The number of hydrogen-bond acceptors (Lipinski definition) is 5. The maximum absolute atomic E-state index is 6.58. The highest BCUT2D eigenvalue weighted by Gasteiger charge is 2.57. The van der Waals surface area contributed by atoms with Crippen molar-refractivity contribution in [1.29, 1.82) is 0 Å². The topological polar surface area (TPSA) is 22.2 Å². The number of benzene rings is 6. The zero-order valence-corrected chi connectivity index (χ0v) is 27.7. The van der Waals surface area contributed by atoms with Crippen LogP contribution < -0.4 is 24.3 Å². The Morgan fingerprint density at radius 2 is 0.875 bits per heavy atom. The fourth-order valence-corrected chi connectivity index (χ4v) is 8.50. The second-order valence-corrected chi connectivity index (χ2v) is 13.7. The number of aryl methyl sites for hydroxylation is 4. The molecule has 0 saturated heterocycles. The summed E-state index contributed by atoms with van der Waals surface area (Å²) in [5, 5.41) is 0. The van der Waals surface area contributed by atoms with Crippen molar-refractivity contribution in [2.24, 2.45) is 0 Å². The van der Waals surface area contributed by atoms with Crippen LogP contribution in [0.3, 0.4) is 0 Å². The summed E-state index contributed by atoms with van der Waals surface area (Å²) < 4.78 is 6.58. The summed E-state index contributed by atoms with van der Waals surface area (Å²) in [7, 11) is 0. The third-order valence-corrected chi connectivity index (χ3v) is 11.1. The normalized spacial score (nSPS) is 15.9. The number of anilines is 6. The molecule has 5 heteroatoms. The Kier molecular flexibility index (Phi) is 5.53. The largest absolute Gasteiger partial charge is 0.457 e. The van der Waals surface area contributed by atoms with E-state index in [0.29, 0.717) is 13.3 Å². The highest BCUT2D eigenvalue weighted by molar-refractivity contribution is 5.94. The number of rotatable bonds is 0. The molecule has 0 unspecified atom stereocenters. The number of hydrogen-bond donors (Lipinski definition) is 0. The Hall–Kier alpha value is -5.68. The molecular weight excluding hydrogens is 589 g/mol. The van der Waals surface area contributed by atoms with Gasteiger partial charge in [0.05, 0.1) is 36.1 Å². The summed E-state index contributed by atoms with van der Waals surface area (Å²) in [6.45, 7) is 10.3. The van der Waals surface area contributed by atoms with Crippen LogP contribution in [0.4, 0.5) is 34.1 Å². The van der Waals surface area contributed by atoms with Crippen molar-refractivity contribution in [2.45, 2.75) is 33.4 Å². The lowest BCUT2D eigenvalue weighted by Crippen LogP contribution is -2.59. The van der Waals surface area contributed by atoms with E-state index in [2.05, 4.69) is 169 Å². The molecule has 6 aromatic rings. The molecule has 4 aliphatic rings. The third-order valence-electron chi connectivity index (χ3n) is 11.1. The van der Waals surface area contributed by atoms with Crippen LogP contribution in [0.2, 0.25) is 0 Å². The Labute approximate surface area is 281 Å². The van der Waals surface area contributed by atoms with Gasteiger partial charge in [-0.25, -0.2) is 0 Å². The van der Waals surface area contributed by atoms with Crippen molar-refractivity contribution in [1.82, 2.24) is 0 Å². The van der Waals surface area contributed by atoms with E-state index >= 15 is 0 Å². The summed E-state index contributed by atoms with van der Waals surface area (Å²) >= 11 is 0. The lowest BCUT2D eigenvalue weighted by molar-refractivity contribution is 0.469. The SMILES string of the molecule is Cc1cc2c(cc1C)N1CN2c2cccc(c2)Oc2cccc(c2)N2CN(c3cc(C)c(C)cc32)C12c1ccccc1-c1ccccc12. The highest BCUT2D eigenvalue weighted by atomic mass is 16.5. The summed E-state index contributed by atoms with van der Waals surface area (Å²) in [6, 6.07) is 44.8. The van der Waals surface area contributed by atoms with Crippen molar-refractivity contribution >= 4 is 34.1 Å². The van der Waals surface area contributed by atoms with Crippen molar-refractivity contribution < 1.29 is 4.74 Å². The van der Waals surface area contributed by atoms with Crippen molar-refractivity contribution in [2.75, 3.05) is 32.9 Å². The van der Waals surface area contributed by atoms with E-state index in [1.54, 1.807) is 0 Å². The van der Waals surface area contributed by atoms with Gasteiger partial charge in [-0.2, -0.15) is 0 Å². The molecule has 0 N–H and O–H groups in total. The van der Waals surface area contributed by atoms with Crippen LogP contribution in [0.5, 0.6) is 11.5 Å². The van der Waals surface area contributed by atoms with Gasteiger partial charge in [-0.05, 0) is 110 Å². The molecular formula is C43H36N4O. The van der Waals surface area contributed by atoms with Gasteiger partial charge in [0, 0.05) is 34.6 Å². The average Bonchev–Trinajstić information content (AvgIpc) is 3.74. The van der Waals surface area contributed by atoms with E-state index in [1.807, 2.05) is 0 Å². The molecule has 0 aromatic heterocycles. The van der Waals surface area contributed by atoms with Crippen LogP contribution in [0.1, 0.15) is 33.4 Å². The number of nitrogens with zero attached hydrogens (tertiary/aromatic N) is 4. The molecule has 0 amide bonds. The van der Waals surface area contributed by atoms with Crippen LogP contribution in [0.25, 0.3) is 11.1 Å². The highest BCUT2D eigenvalue weighted by Crippen LogP contribution is 2.61. The molecule has 5 nitrogen and oxygen atoms in total. The standard InChI is InChI=1S/C43H36N4O/c1-27-19-39-41(21-29(27)3)46-25-44(39)31-11-9-13-33(23-31)48-34-14-10-12-32(24-34)45-26-47(42-22-30(4)28(2)20-40(42)45)43(46)37-17-7-5-15-35(37)36-16-6-8-18-38(36)43/h5-24H,25-26H2,1-4H3. The zero-order chi connectivity index (χ0) is 32.3. The zero-order valence-electron chi connectivity index (χ0n) is 27.7. The summed E-state index contributed by atoms with van der Waals surface area (Å²) in [5.74, 6) is 1.65. The molecule has 1 spiro atoms. The first-order chi connectivity index (χ1) is 23.4. The van der Waals surface area contributed by atoms with Crippen LogP contribution in [-0.2, 0) is 5.66 Å². The van der Waals surface area contributed by atoms with Crippen LogP contribution in [0, 0.1) is 27.7 Å². The third kappa shape index (κ3) is 3.56. The van der Waals surface area contributed by atoms with E-state index in [9.17, 15) is 0 Å². The summed E-state index contributed by atoms with van der Waals surface area (Å²) in [6.07, 6.45) is 0. The van der Waals surface area contributed by atoms with Crippen molar-refractivity contribution in [3.63, 3.8) is 0 Å². The lowest BCUT2D eigenvalue weighted by atomic mass is 9.91. The first kappa shape index (κ1) is 27.4. The Balaban J connectivity index is 1.36. The quantitative estimate of drug-likeness (QED) is 0.167. The smallest absolute Gasteiger partial charge is 0.170 e. The molecule has 0 saturated carbocycles. The Bertz CT molecular complexity index is 2160. The maximum Gasteiger partial charge on any atom is 0.170 e. The first-order valence-electron chi connectivity index (χ1n) is 16.8. The van der Waals surface area contributed by atoms with E-state index in [-0.39, 0.29) is 0 Å². The summed E-state index contributed by atoms with van der Waals surface area (Å²) in [4.78, 5) is 10.3. The van der Waals surface area contributed by atoms with Crippen LogP contribution >= 0.6 is 0 Å². The second kappa shape index (κ2) is 9.68. The minimum atomic E-state index is -0.639. The number of ether oxygens (including phenoxy) is 1. The van der Waals surface area contributed by atoms with Gasteiger partial charge in [0.25, 0.3) is 0 Å². The van der Waals surface area contributed by atoms with Gasteiger partial charge in [0.1, 0.15) is 11.5 Å². The predicted octanol–water partition coefficient (Wildman–Crippen LogP) is 10.4. The Morgan fingerprint density at radius 3 is 1.33 bits per heavy atom. The van der Waals surface area contributed by atoms with E-state index < -0.39 is 5.66 Å². The molecule has 8 bridgehead atoms. The van der Waals surface area contributed by atoms with Gasteiger partial charge in [-0.3, -0.25) is 0 Å². The molecule has 234 valence electrons. The molecule has 0 atom stereocenters. The Morgan fingerprint density at radius 1 is 0.458 bits per heavy atom. The van der Waals surface area contributed by atoms with Gasteiger partial charge >= 0.3 is 0 Å². The van der Waals surface area contributed by atoms with Gasteiger partial charge in [0.2, 0.25) is 0 Å². The molecule has 0 fully saturated rings. The molecule has 48 heavy (non-hydrogen) atoms. The van der Waals surface area contributed by atoms with Crippen LogP contribution in [0.15, 0.2) is 121 Å². The van der Waals surface area contributed by atoms with Crippen molar-refractivity contribution in [3.05, 3.63) is 155 Å². The fourth-order valence-electron chi connectivity index (χ4n) is 8.50.